The Morgan fingerprint density at radius 2 is 2.24 bits per heavy atom. The molecule has 1 aromatic heterocycles. The Morgan fingerprint density at radius 3 is 2.82 bits per heavy atom. The van der Waals surface area contributed by atoms with Crippen LogP contribution in [0.25, 0.3) is 0 Å². The highest BCUT2D eigenvalue weighted by Gasteiger charge is 2.12. The second-order valence-electron chi connectivity index (χ2n) is 5.35. The van der Waals surface area contributed by atoms with Gasteiger partial charge in [-0.3, -0.25) is 4.79 Å². The minimum absolute atomic E-state index is 0.120. The average Bonchev–Trinajstić information content (AvgIpc) is 2.65. The van der Waals surface area contributed by atoms with Gasteiger partial charge in [0.05, 0.1) is 6.33 Å². The number of nitrogens with one attached hydrogen (secondary N) is 1. The van der Waals surface area contributed by atoms with E-state index in [9.17, 15) is 4.79 Å². The summed E-state index contributed by atoms with van der Waals surface area (Å²) in [6.45, 7) is 8.34. The molecule has 0 saturated heterocycles. The Labute approximate surface area is 102 Å². The summed E-state index contributed by atoms with van der Waals surface area (Å²) in [6, 6.07) is 0. The monoisotopic (exact) mass is 238 g/mol. The highest BCUT2D eigenvalue weighted by molar-refractivity contribution is 5.91. The van der Waals surface area contributed by atoms with Crippen molar-refractivity contribution in [2.75, 3.05) is 13.1 Å². The summed E-state index contributed by atoms with van der Waals surface area (Å²) < 4.78 is 1.82. The number of amides is 1. The summed E-state index contributed by atoms with van der Waals surface area (Å²) >= 11 is 0. The minimum Gasteiger partial charge on any atom is -0.351 e. The predicted octanol–water partition coefficient (Wildman–Crippen LogP) is 1.01. The van der Waals surface area contributed by atoms with Gasteiger partial charge in [0.15, 0.2) is 0 Å². The maximum Gasteiger partial charge on any atom is 0.271 e. The summed E-state index contributed by atoms with van der Waals surface area (Å²) in [5, 5.41) is 2.86. The zero-order valence-electron chi connectivity index (χ0n) is 10.9. The first kappa shape index (κ1) is 13.7. The third kappa shape index (κ3) is 4.99. The summed E-state index contributed by atoms with van der Waals surface area (Å²) in [4.78, 5) is 15.8. The molecule has 0 aliphatic carbocycles. The van der Waals surface area contributed by atoms with Crippen molar-refractivity contribution in [1.82, 2.24) is 14.9 Å². The normalized spacial score (nSPS) is 11.5. The van der Waals surface area contributed by atoms with E-state index in [1.807, 2.05) is 4.57 Å². The Bertz CT molecular complexity index is 365. The van der Waals surface area contributed by atoms with Crippen LogP contribution in [-0.4, -0.2) is 28.5 Å². The van der Waals surface area contributed by atoms with Crippen molar-refractivity contribution in [2.45, 2.75) is 33.7 Å². The molecular formula is C12H22N4O. The maximum atomic E-state index is 11.7. The standard InChI is InChI=1S/C12H22N4O/c1-12(2,3)4-6-14-11(17)10-8-16(7-5-13)9-15-10/h8-9H,4-7,13H2,1-3H3,(H,14,17). The fraction of sp³-hybridized carbons (Fsp3) is 0.667. The number of imidazole rings is 1. The van der Waals surface area contributed by atoms with Crippen molar-refractivity contribution in [3.8, 4) is 0 Å². The van der Waals surface area contributed by atoms with Crippen LogP contribution in [0.2, 0.25) is 0 Å². The molecule has 1 amide bonds. The fourth-order valence-electron chi connectivity index (χ4n) is 1.39. The summed E-state index contributed by atoms with van der Waals surface area (Å²) in [5.74, 6) is -0.120. The molecule has 0 aliphatic rings. The van der Waals surface area contributed by atoms with Gasteiger partial charge >= 0.3 is 0 Å². The summed E-state index contributed by atoms with van der Waals surface area (Å²) in [6.07, 6.45) is 4.30. The quantitative estimate of drug-likeness (QED) is 0.804. The molecule has 0 aromatic carbocycles. The van der Waals surface area contributed by atoms with Crippen LogP contribution < -0.4 is 11.1 Å². The molecule has 96 valence electrons. The number of carbonyl (C=O) groups is 1. The molecule has 1 aromatic rings. The van der Waals surface area contributed by atoms with E-state index in [0.717, 1.165) is 6.42 Å². The Morgan fingerprint density at radius 1 is 1.53 bits per heavy atom. The highest BCUT2D eigenvalue weighted by Crippen LogP contribution is 2.16. The minimum atomic E-state index is -0.120. The van der Waals surface area contributed by atoms with E-state index >= 15 is 0 Å². The van der Waals surface area contributed by atoms with Crippen molar-refractivity contribution in [3.63, 3.8) is 0 Å². The topological polar surface area (TPSA) is 72.9 Å². The maximum absolute atomic E-state index is 11.7. The number of aromatic nitrogens is 2. The van der Waals surface area contributed by atoms with Gasteiger partial charge < -0.3 is 15.6 Å². The van der Waals surface area contributed by atoms with Crippen LogP contribution in [0, 0.1) is 5.41 Å². The highest BCUT2D eigenvalue weighted by atomic mass is 16.1. The number of carbonyl (C=O) groups excluding carboxylic acids is 1. The van der Waals surface area contributed by atoms with Crippen molar-refractivity contribution >= 4 is 5.91 Å². The first-order valence-electron chi connectivity index (χ1n) is 5.92. The molecule has 5 heteroatoms. The van der Waals surface area contributed by atoms with Crippen LogP contribution in [0.15, 0.2) is 12.5 Å². The van der Waals surface area contributed by atoms with E-state index in [0.29, 0.717) is 25.3 Å². The Kier molecular flexibility index (Phi) is 4.69. The molecule has 0 bridgehead atoms. The van der Waals surface area contributed by atoms with Gasteiger partial charge in [-0.15, -0.1) is 0 Å². The van der Waals surface area contributed by atoms with Crippen LogP contribution in [0.4, 0.5) is 0 Å². The molecule has 1 rings (SSSR count). The molecule has 0 aliphatic heterocycles. The largest absolute Gasteiger partial charge is 0.351 e. The first-order valence-corrected chi connectivity index (χ1v) is 5.92. The molecule has 0 spiro atoms. The number of nitrogens with zero attached hydrogens (tertiary/aromatic N) is 2. The van der Waals surface area contributed by atoms with E-state index in [4.69, 9.17) is 5.73 Å². The SMILES string of the molecule is CC(C)(C)CCNC(=O)c1cn(CCN)cn1. The van der Waals surface area contributed by atoms with Crippen molar-refractivity contribution in [3.05, 3.63) is 18.2 Å². The lowest BCUT2D eigenvalue weighted by Crippen LogP contribution is -2.27. The van der Waals surface area contributed by atoms with Crippen molar-refractivity contribution in [1.29, 1.82) is 0 Å². The summed E-state index contributed by atoms with van der Waals surface area (Å²) in [7, 11) is 0. The smallest absolute Gasteiger partial charge is 0.271 e. The van der Waals surface area contributed by atoms with Crippen LogP contribution in [-0.2, 0) is 6.54 Å². The number of rotatable bonds is 5. The molecule has 0 fully saturated rings. The van der Waals surface area contributed by atoms with Gasteiger partial charge in [0, 0.05) is 25.8 Å². The van der Waals surface area contributed by atoms with E-state index in [-0.39, 0.29) is 11.3 Å². The van der Waals surface area contributed by atoms with Crippen molar-refractivity contribution < 1.29 is 4.79 Å². The Hall–Kier alpha value is -1.36. The van der Waals surface area contributed by atoms with Crippen LogP contribution in [0.5, 0.6) is 0 Å². The van der Waals surface area contributed by atoms with Crippen molar-refractivity contribution in [2.24, 2.45) is 11.1 Å². The van der Waals surface area contributed by atoms with Gasteiger partial charge in [-0.05, 0) is 11.8 Å². The number of hydrogen-bond donors (Lipinski definition) is 2. The third-order valence-corrected chi connectivity index (χ3v) is 2.41. The van der Waals surface area contributed by atoms with E-state index < -0.39 is 0 Å². The number of nitrogens with two attached hydrogens (primary N) is 1. The van der Waals surface area contributed by atoms with E-state index in [1.54, 1.807) is 12.5 Å². The first-order chi connectivity index (χ1) is 7.92. The molecule has 0 unspecified atom stereocenters. The zero-order valence-corrected chi connectivity index (χ0v) is 10.9. The molecule has 0 radical (unpaired) electrons. The van der Waals surface area contributed by atoms with Crippen LogP contribution in [0.1, 0.15) is 37.7 Å². The van der Waals surface area contributed by atoms with Gasteiger partial charge in [-0.25, -0.2) is 4.98 Å². The van der Waals surface area contributed by atoms with Gasteiger partial charge in [0.1, 0.15) is 5.69 Å². The molecule has 17 heavy (non-hydrogen) atoms. The second kappa shape index (κ2) is 5.82. The van der Waals surface area contributed by atoms with E-state index in [2.05, 4.69) is 31.1 Å². The number of hydrogen-bond acceptors (Lipinski definition) is 3. The lowest BCUT2D eigenvalue weighted by molar-refractivity contribution is 0.0945. The third-order valence-electron chi connectivity index (χ3n) is 2.41. The average molecular weight is 238 g/mol. The second-order valence-corrected chi connectivity index (χ2v) is 5.35. The fourth-order valence-corrected chi connectivity index (χ4v) is 1.39. The molecular weight excluding hydrogens is 216 g/mol. The van der Waals surface area contributed by atoms with Gasteiger partial charge in [-0.1, -0.05) is 20.8 Å². The molecule has 0 saturated carbocycles. The summed E-state index contributed by atoms with van der Waals surface area (Å²) in [5.41, 5.74) is 6.10. The van der Waals surface area contributed by atoms with Crippen LogP contribution >= 0.6 is 0 Å². The lowest BCUT2D eigenvalue weighted by atomic mass is 9.92. The van der Waals surface area contributed by atoms with Crippen LogP contribution in [0.3, 0.4) is 0 Å². The molecule has 3 N–H and O–H groups in total. The zero-order chi connectivity index (χ0) is 12.9. The van der Waals surface area contributed by atoms with Gasteiger partial charge in [-0.2, -0.15) is 0 Å². The molecule has 5 nitrogen and oxygen atoms in total. The lowest BCUT2D eigenvalue weighted by Gasteiger charge is -2.17. The Balaban J connectivity index is 2.41. The van der Waals surface area contributed by atoms with Gasteiger partial charge in [0.2, 0.25) is 0 Å². The molecule has 0 atom stereocenters. The predicted molar refractivity (Wildman–Crippen MR) is 67.7 cm³/mol. The van der Waals surface area contributed by atoms with Gasteiger partial charge in [0.25, 0.3) is 5.91 Å². The van der Waals surface area contributed by atoms with E-state index in [1.165, 1.54) is 0 Å². The molecule has 1 heterocycles.